The molecular weight excluding hydrogens is 589 g/mol. The van der Waals surface area contributed by atoms with Gasteiger partial charge in [-0.3, -0.25) is 14.5 Å². The number of thiophene rings is 1. The molecule has 1 amide bonds. The van der Waals surface area contributed by atoms with Crippen LogP contribution < -0.4 is 0 Å². The number of ketones is 1. The molecule has 2 aliphatic heterocycles. The molecule has 6 nitrogen and oxygen atoms in total. The molecule has 0 N–H and O–H groups in total. The maximum Gasteiger partial charge on any atom is 0.226 e. The van der Waals surface area contributed by atoms with Crippen LogP contribution >= 0.6 is 11.3 Å². The van der Waals surface area contributed by atoms with Crippen molar-refractivity contribution in [2.24, 2.45) is 11.8 Å². The number of hydrogen-bond donors (Lipinski definition) is 0. The lowest BCUT2D eigenvalue weighted by Crippen LogP contribution is -2.49. The number of Topliss-reactive ketones (excluding diaryl/α,β-unsaturated/α-hetero) is 1. The van der Waals surface area contributed by atoms with E-state index in [1.807, 2.05) is 17.0 Å². The van der Waals surface area contributed by atoms with Gasteiger partial charge in [-0.1, -0.05) is 58.0 Å². The standard InChI is InChI=1S/C39H50N4O2S/c1-5-32(6-2)43-36-14-13-29(23-35(36)40-38(43)25-34-12-9-21-46-34)37(44)24-31(22-27(3)4)39(45)41-19-16-33(17-20-41)42-18-15-28-10-7-8-11-30(28)26-42/h7-14,21,23,27,31-33H,5-6,15-20,22,24-26H2,1-4H3/t31-/m1/s1. The van der Waals surface area contributed by atoms with E-state index in [-0.39, 0.29) is 24.0 Å². The number of hydrogen-bond acceptors (Lipinski definition) is 5. The van der Waals surface area contributed by atoms with Gasteiger partial charge in [0.25, 0.3) is 0 Å². The molecule has 1 fully saturated rings. The van der Waals surface area contributed by atoms with Gasteiger partial charge in [-0.05, 0) is 85.2 Å². The Morgan fingerprint density at radius 2 is 1.72 bits per heavy atom. The number of benzene rings is 2. The average Bonchev–Trinajstić information content (AvgIpc) is 3.72. The van der Waals surface area contributed by atoms with Crippen molar-refractivity contribution in [2.45, 2.75) is 97.7 Å². The van der Waals surface area contributed by atoms with Gasteiger partial charge < -0.3 is 9.47 Å². The molecule has 0 bridgehead atoms. The zero-order valence-electron chi connectivity index (χ0n) is 28.1. The third kappa shape index (κ3) is 7.16. The Kier molecular flexibility index (Phi) is 10.4. The predicted octanol–water partition coefficient (Wildman–Crippen LogP) is 8.33. The van der Waals surface area contributed by atoms with Gasteiger partial charge in [-0.25, -0.2) is 4.98 Å². The van der Waals surface area contributed by atoms with E-state index in [9.17, 15) is 9.59 Å². The van der Waals surface area contributed by atoms with Crippen LogP contribution in [0, 0.1) is 11.8 Å². The normalized spacial score (nSPS) is 16.8. The number of rotatable bonds is 12. The molecule has 2 aliphatic rings. The van der Waals surface area contributed by atoms with Gasteiger partial charge in [-0.2, -0.15) is 0 Å². The number of fused-ring (bicyclic) bond motifs is 2. The van der Waals surface area contributed by atoms with Gasteiger partial charge in [0.2, 0.25) is 5.91 Å². The van der Waals surface area contributed by atoms with Crippen LogP contribution in [0.2, 0.25) is 0 Å². The molecule has 0 spiro atoms. The first-order valence-corrected chi connectivity index (χ1v) is 18.4. The molecule has 244 valence electrons. The van der Waals surface area contributed by atoms with Gasteiger partial charge in [0, 0.05) is 67.5 Å². The van der Waals surface area contributed by atoms with Crippen LogP contribution in [0.25, 0.3) is 11.0 Å². The summed E-state index contributed by atoms with van der Waals surface area (Å²) in [4.78, 5) is 38.8. The van der Waals surface area contributed by atoms with Crippen molar-refractivity contribution in [3.63, 3.8) is 0 Å². The summed E-state index contributed by atoms with van der Waals surface area (Å²) >= 11 is 1.76. The van der Waals surface area contributed by atoms with Crippen LogP contribution in [0.3, 0.4) is 0 Å². The smallest absolute Gasteiger partial charge is 0.226 e. The van der Waals surface area contributed by atoms with Crippen molar-refractivity contribution in [3.05, 3.63) is 87.4 Å². The number of nitrogens with zero attached hydrogens (tertiary/aromatic N) is 4. The van der Waals surface area contributed by atoms with E-state index in [1.165, 1.54) is 16.0 Å². The van der Waals surface area contributed by atoms with Gasteiger partial charge in [-0.15, -0.1) is 11.3 Å². The quantitative estimate of drug-likeness (QED) is 0.146. The van der Waals surface area contributed by atoms with E-state index in [0.717, 1.165) is 88.0 Å². The third-order valence-electron chi connectivity index (χ3n) is 10.3. The maximum atomic E-state index is 13.9. The zero-order valence-corrected chi connectivity index (χ0v) is 28.9. The number of carbonyl (C=O) groups is 2. The van der Waals surface area contributed by atoms with Crippen LogP contribution in [-0.2, 0) is 24.2 Å². The number of imidazole rings is 1. The Balaban J connectivity index is 1.14. The molecular formula is C39H50N4O2S. The molecule has 0 unspecified atom stereocenters. The minimum atomic E-state index is -0.293. The van der Waals surface area contributed by atoms with E-state index in [4.69, 9.17) is 4.98 Å². The molecule has 1 atom stereocenters. The van der Waals surface area contributed by atoms with Crippen LogP contribution in [0.5, 0.6) is 0 Å². The molecule has 0 aliphatic carbocycles. The fourth-order valence-corrected chi connectivity index (χ4v) is 8.50. The largest absolute Gasteiger partial charge is 0.342 e. The van der Waals surface area contributed by atoms with Gasteiger partial charge in [0.15, 0.2) is 5.78 Å². The second-order valence-corrected chi connectivity index (χ2v) is 14.9. The van der Waals surface area contributed by atoms with E-state index in [0.29, 0.717) is 23.6 Å². The summed E-state index contributed by atoms with van der Waals surface area (Å²) < 4.78 is 2.39. The number of amides is 1. The van der Waals surface area contributed by atoms with Gasteiger partial charge in [0.05, 0.1) is 11.0 Å². The van der Waals surface area contributed by atoms with Crippen LogP contribution in [0.4, 0.5) is 0 Å². The first-order chi connectivity index (χ1) is 22.3. The van der Waals surface area contributed by atoms with Crippen LogP contribution in [0.1, 0.15) is 104 Å². The zero-order chi connectivity index (χ0) is 32.2. The molecule has 4 heterocycles. The lowest BCUT2D eigenvalue weighted by molar-refractivity contribution is -0.137. The maximum absolute atomic E-state index is 13.9. The fourth-order valence-electron chi connectivity index (χ4n) is 7.80. The Labute approximate surface area is 278 Å². The van der Waals surface area contributed by atoms with Crippen molar-refractivity contribution in [3.8, 4) is 0 Å². The minimum Gasteiger partial charge on any atom is -0.342 e. The highest BCUT2D eigenvalue weighted by atomic mass is 32.1. The molecule has 46 heavy (non-hydrogen) atoms. The molecule has 4 aromatic rings. The highest BCUT2D eigenvalue weighted by Crippen LogP contribution is 2.31. The molecule has 0 saturated carbocycles. The van der Waals surface area contributed by atoms with Crippen LogP contribution in [-0.4, -0.2) is 56.7 Å². The monoisotopic (exact) mass is 638 g/mol. The molecule has 7 heteroatoms. The highest BCUT2D eigenvalue weighted by molar-refractivity contribution is 7.09. The van der Waals surface area contributed by atoms with E-state index >= 15 is 0 Å². The summed E-state index contributed by atoms with van der Waals surface area (Å²) in [6.07, 6.45) is 6.93. The van der Waals surface area contributed by atoms with Crippen molar-refractivity contribution in [1.82, 2.24) is 19.4 Å². The van der Waals surface area contributed by atoms with E-state index in [2.05, 4.69) is 85.0 Å². The lowest BCUT2D eigenvalue weighted by Gasteiger charge is -2.41. The molecule has 2 aromatic carbocycles. The summed E-state index contributed by atoms with van der Waals surface area (Å²) in [5.74, 6) is 1.30. The van der Waals surface area contributed by atoms with E-state index < -0.39 is 0 Å². The summed E-state index contributed by atoms with van der Waals surface area (Å²) in [5, 5.41) is 2.11. The molecule has 6 rings (SSSR count). The summed E-state index contributed by atoms with van der Waals surface area (Å²) in [6.45, 7) is 12.4. The molecule has 1 saturated heterocycles. The van der Waals surface area contributed by atoms with Crippen molar-refractivity contribution >= 4 is 34.1 Å². The van der Waals surface area contributed by atoms with E-state index in [1.54, 1.807) is 11.3 Å². The number of carbonyl (C=O) groups excluding carboxylic acids is 2. The van der Waals surface area contributed by atoms with Crippen molar-refractivity contribution < 1.29 is 9.59 Å². The Morgan fingerprint density at radius 3 is 2.41 bits per heavy atom. The Morgan fingerprint density at radius 1 is 0.957 bits per heavy atom. The lowest BCUT2D eigenvalue weighted by atomic mass is 9.88. The van der Waals surface area contributed by atoms with Gasteiger partial charge >= 0.3 is 0 Å². The topological polar surface area (TPSA) is 58.4 Å². The summed E-state index contributed by atoms with van der Waals surface area (Å²) in [7, 11) is 0. The average molecular weight is 639 g/mol. The highest BCUT2D eigenvalue weighted by Gasteiger charge is 2.33. The Bertz CT molecular complexity index is 1630. The SMILES string of the molecule is CCC(CC)n1c(Cc2cccs2)nc2cc(C(=O)C[C@@H](CC(C)C)C(=O)N3CCC(N4CCc5ccccc5C4)CC3)ccc21. The first kappa shape index (κ1) is 32.6. The number of piperidine rings is 1. The third-order valence-corrected chi connectivity index (χ3v) is 11.2. The first-order valence-electron chi connectivity index (χ1n) is 17.5. The minimum absolute atomic E-state index is 0.0413. The molecule has 2 aromatic heterocycles. The summed E-state index contributed by atoms with van der Waals surface area (Å²) in [5.41, 5.74) is 5.55. The number of likely N-dealkylation sites (tertiary alicyclic amines) is 1. The second kappa shape index (κ2) is 14.6. The van der Waals surface area contributed by atoms with Crippen molar-refractivity contribution in [2.75, 3.05) is 19.6 Å². The summed E-state index contributed by atoms with van der Waals surface area (Å²) in [6, 6.07) is 19.9. The fraction of sp³-hybridized carbons (Fsp3) is 0.513. The number of aromatic nitrogens is 2. The Hall–Kier alpha value is -3.29. The van der Waals surface area contributed by atoms with Gasteiger partial charge in [0.1, 0.15) is 5.82 Å². The van der Waals surface area contributed by atoms with Crippen LogP contribution in [0.15, 0.2) is 60.0 Å². The molecule has 0 radical (unpaired) electrons. The predicted molar refractivity (Wildman–Crippen MR) is 189 cm³/mol. The second-order valence-electron chi connectivity index (χ2n) is 13.8. The van der Waals surface area contributed by atoms with Crippen molar-refractivity contribution in [1.29, 1.82) is 0 Å².